The molecule has 0 bridgehead atoms. The molecule has 0 aliphatic rings. The molecule has 5 heteroatoms. The molecule has 0 atom stereocenters. The Morgan fingerprint density at radius 3 is 2.42 bits per heavy atom. The fraction of sp³-hybridized carbons (Fsp3) is 0.158. The Morgan fingerprint density at radius 1 is 1.04 bits per heavy atom. The van der Waals surface area contributed by atoms with Gasteiger partial charge in [-0.2, -0.15) is 0 Å². The summed E-state index contributed by atoms with van der Waals surface area (Å²) in [6.07, 6.45) is 0. The fourth-order valence-electron chi connectivity index (χ4n) is 2.54. The molecule has 24 heavy (non-hydrogen) atoms. The first-order chi connectivity index (χ1) is 11.1. The molecule has 0 saturated heterocycles. The molecule has 0 amide bonds. The van der Waals surface area contributed by atoms with E-state index >= 15 is 0 Å². The van der Waals surface area contributed by atoms with Crippen LogP contribution in [0.1, 0.15) is 21.6 Å². The molecule has 1 heterocycles. The van der Waals surface area contributed by atoms with Crippen molar-refractivity contribution in [3.05, 3.63) is 65.4 Å². The van der Waals surface area contributed by atoms with Crippen LogP contribution in [0.5, 0.6) is 0 Å². The number of halogens is 1. The van der Waals surface area contributed by atoms with Gasteiger partial charge in [-0.25, -0.2) is 4.79 Å². The third-order valence-corrected chi connectivity index (χ3v) is 3.68. The first-order valence-corrected chi connectivity index (χ1v) is 7.40. The third kappa shape index (κ3) is 3.66. The largest absolute Gasteiger partial charge is 0.465 e. The maximum absolute atomic E-state index is 11.5. The van der Waals surface area contributed by atoms with Crippen molar-refractivity contribution in [1.29, 1.82) is 0 Å². The number of methoxy groups -OCH3 is 1. The predicted octanol–water partition coefficient (Wildman–Crippen LogP) is 4.80. The molecule has 124 valence electrons. The van der Waals surface area contributed by atoms with E-state index in [0.717, 1.165) is 28.0 Å². The summed E-state index contributed by atoms with van der Waals surface area (Å²) in [6, 6.07) is 15.5. The van der Waals surface area contributed by atoms with E-state index in [4.69, 9.17) is 4.74 Å². The van der Waals surface area contributed by atoms with Crippen LogP contribution in [0.2, 0.25) is 0 Å². The van der Waals surface area contributed by atoms with E-state index in [9.17, 15) is 4.79 Å². The number of pyridine rings is 1. The number of ether oxygens (including phenoxy) is 1. The summed E-state index contributed by atoms with van der Waals surface area (Å²) in [5.41, 5.74) is 5.55. The van der Waals surface area contributed by atoms with Crippen molar-refractivity contribution in [2.75, 3.05) is 12.4 Å². The minimum absolute atomic E-state index is 0. The molecule has 0 radical (unpaired) electrons. The number of aryl methyl sites for hydroxylation is 2. The van der Waals surface area contributed by atoms with E-state index in [1.165, 1.54) is 12.7 Å². The van der Waals surface area contributed by atoms with Gasteiger partial charge >= 0.3 is 5.97 Å². The van der Waals surface area contributed by atoms with Crippen molar-refractivity contribution in [3.63, 3.8) is 0 Å². The van der Waals surface area contributed by atoms with Crippen molar-refractivity contribution in [3.8, 4) is 0 Å². The number of anilines is 2. The number of benzene rings is 2. The van der Waals surface area contributed by atoms with Gasteiger partial charge in [0.05, 0.1) is 18.2 Å². The lowest BCUT2D eigenvalue weighted by molar-refractivity contribution is 0.0601. The second-order valence-electron chi connectivity index (χ2n) is 5.53. The number of aromatic nitrogens is 1. The molecule has 2 aromatic carbocycles. The van der Waals surface area contributed by atoms with Gasteiger partial charge in [0.15, 0.2) is 0 Å². The number of nitrogens with zero attached hydrogens (tertiary/aromatic N) is 1. The zero-order valence-electron chi connectivity index (χ0n) is 13.8. The van der Waals surface area contributed by atoms with Crippen molar-refractivity contribution in [2.24, 2.45) is 0 Å². The Morgan fingerprint density at radius 2 is 1.75 bits per heavy atom. The lowest BCUT2D eigenvalue weighted by Gasteiger charge is -2.12. The average Bonchev–Trinajstić information content (AvgIpc) is 2.55. The third-order valence-electron chi connectivity index (χ3n) is 3.68. The standard InChI is InChI=1S/C19H18N2O2.ClH/c1-12-4-9-17-16(10-12)18(11-13(2)20-17)21-15-7-5-14(6-8-15)19(22)23-3;/h4-11H,1-3H3,(H,20,21);1H. The summed E-state index contributed by atoms with van der Waals surface area (Å²) in [6.45, 7) is 4.04. The maximum atomic E-state index is 11.5. The second kappa shape index (κ2) is 7.32. The van der Waals surface area contributed by atoms with Gasteiger partial charge in [-0.15, -0.1) is 12.4 Å². The number of hydrogen-bond acceptors (Lipinski definition) is 4. The molecule has 0 saturated carbocycles. The molecule has 0 spiro atoms. The minimum Gasteiger partial charge on any atom is -0.465 e. The van der Waals surface area contributed by atoms with Crippen LogP contribution in [-0.4, -0.2) is 18.1 Å². The molecule has 3 aromatic rings. The van der Waals surface area contributed by atoms with Gasteiger partial charge in [0.1, 0.15) is 0 Å². The smallest absolute Gasteiger partial charge is 0.337 e. The topological polar surface area (TPSA) is 51.2 Å². The Kier molecular flexibility index (Phi) is 5.42. The fourth-order valence-corrected chi connectivity index (χ4v) is 2.54. The van der Waals surface area contributed by atoms with Crippen LogP contribution >= 0.6 is 12.4 Å². The monoisotopic (exact) mass is 342 g/mol. The van der Waals surface area contributed by atoms with E-state index in [1.54, 1.807) is 12.1 Å². The van der Waals surface area contributed by atoms with Gasteiger partial charge in [-0.1, -0.05) is 11.6 Å². The second-order valence-corrected chi connectivity index (χ2v) is 5.53. The van der Waals surface area contributed by atoms with E-state index in [0.29, 0.717) is 5.56 Å². The minimum atomic E-state index is -0.336. The van der Waals surface area contributed by atoms with Crippen molar-refractivity contribution >= 4 is 40.7 Å². The lowest BCUT2D eigenvalue weighted by Crippen LogP contribution is -2.01. The highest BCUT2D eigenvalue weighted by molar-refractivity contribution is 5.94. The number of hydrogen-bond donors (Lipinski definition) is 1. The molecular formula is C19H19ClN2O2. The van der Waals surface area contributed by atoms with Crippen molar-refractivity contribution < 1.29 is 9.53 Å². The van der Waals surface area contributed by atoms with Crippen molar-refractivity contribution in [2.45, 2.75) is 13.8 Å². The Labute approximate surface area is 147 Å². The zero-order chi connectivity index (χ0) is 16.4. The first-order valence-electron chi connectivity index (χ1n) is 7.40. The molecule has 0 aliphatic carbocycles. The lowest BCUT2D eigenvalue weighted by atomic mass is 10.1. The number of rotatable bonds is 3. The van der Waals surface area contributed by atoms with Crippen LogP contribution in [0.3, 0.4) is 0 Å². The van der Waals surface area contributed by atoms with Crippen LogP contribution in [-0.2, 0) is 4.74 Å². The highest BCUT2D eigenvalue weighted by Gasteiger charge is 2.07. The molecule has 4 nitrogen and oxygen atoms in total. The van der Waals surface area contributed by atoms with Crippen LogP contribution in [0.15, 0.2) is 48.5 Å². The van der Waals surface area contributed by atoms with Gasteiger partial charge in [0.25, 0.3) is 0 Å². The van der Waals surface area contributed by atoms with E-state index in [2.05, 4.69) is 29.4 Å². The normalized spacial score (nSPS) is 10.1. The molecule has 1 N–H and O–H groups in total. The molecule has 0 unspecified atom stereocenters. The van der Waals surface area contributed by atoms with E-state index < -0.39 is 0 Å². The van der Waals surface area contributed by atoms with Gasteiger partial charge in [-0.3, -0.25) is 4.98 Å². The molecule has 3 rings (SSSR count). The summed E-state index contributed by atoms with van der Waals surface area (Å²) < 4.78 is 4.71. The molecule has 1 aromatic heterocycles. The predicted molar refractivity (Wildman–Crippen MR) is 99.5 cm³/mol. The highest BCUT2D eigenvalue weighted by atomic mass is 35.5. The van der Waals surface area contributed by atoms with Crippen molar-refractivity contribution in [1.82, 2.24) is 4.98 Å². The van der Waals surface area contributed by atoms with E-state index in [-0.39, 0.29) is 18.4 Å². The number of carbonyl (C=O) groups excluding carboxylic acids is 1. The summed E-state index contributed by atoms with van der Waals surface area (Å²) in [5.74, 6) is -0.336. The quantitative estimate of drug-likeness (QED) is 0.694. The Balaban J connectivity index is 0.00000208. The number of nitrogens with one attached hydrogen (secondary N) is 1. The Hall–Kier alpha value is -2.59. The maximum Gasteiger partial charge on any atom is 0.337 e. The molecular weight excluding hydrogens is 324 g/mol. The van der Waals surface area contributed by atoms with Gasteiger partial charge in [0.2, 0.25) is 0 Å². The number of esters is 1. The summed E-state index contributed by atoms with van der Waals surface area (Å²) in [4.78, 5) is 16.1. The number of fused-ring (bicyclic) bond motifs is 1. The molecule has 0 fully saturated rings. The SMILES string of the molecule is COC(=O)c1ccc(Nc2cc(C)nc3ccc(C)cc23)cc1.Cl. The van der Waals surface area contributed by atoms with Gasteiger partial charge in [-0.05, 0) is 56.3 Å². The Bertz CT molecular complexity index is 876. The zero-order valence-corrected chi connectivity index (χ0v) is 14.6. The van der Waals surface area contributed by atoms with E-state index in [1.807, 2.05) is 31.2 Å². The summed E-state index contributed by atoms with van der Waals surface area (Å²) in [7, 11) is 1.38. The summed E-state index contributed by atoms with van der Waals surface area (Å²) in [5, 5.41) is 4.48. The summed E-state index contributed by atoms with van der Waals surface area (Å²) >= 11 is 0. The highest BCUT2D eigenvalue weighted by Crippen LogP contribution is 2.27. The van der Waals surface area contributed by atoms with Crippen LogP contribution in [0, 0.1) is 13.8 Å². The van der Waals surface area contributed by atoms with Crippen LogP contribution in [0.25, 0.3) is 10.9 Å². The average molecular weight is 343 g/mol. The van der Waals surface area contributed by atoms with Gasteiger partial charge < -0.3 is 10.1 Å². The first kappa shape index (κ1) is 17.8. The van der Waals surface area contributed by atoms with Crippen LogP contribution < -0.4 is 5.32 Å². The van der Waals surface area contributed by atoms with Crippen LogP contribution in [0.4, 0.5) is 11.4 Å². The van der Waals surface area contributed by atoms with Gasteiger partial charge in [0, 0.05) is 22.5 Å². The molecule has 0 aliphatic heterocycles. The number of carbonyl (C=O) groups is 1.